The zero-order chi connectivity index (χ0) is 6.95. The fourth-order valence-corrected chi connectivity index (χ4v) is 0.520. The number of nitrogens with one attached hydrogen (secondary N) is 1. The number of hydrogen-bond donors (Lipinski definition) is 2. The first-order chi connectivity index (χ1) is 4.41. The molecule has 0 saturated heterocycles. The lowest BCUT2D eigenvalue weighted by atomic mass is 10.3. The summed E-state index contributed by atoms with van der Waals surface area (Å²) in [4.78, 5) is 0. The number of aliphatic hydroxyl groups excluding tert-OH is 1. The topological polar surface area (TPSA) is 32.3 Å². The monoisotopic (exact) mass is 127 g/mol. The van der Waals surface area contributed by atoms with Gasteiger partial charge in [0, 0.05) is 13.0 Å². The zero-order valence-electron chi connectivity index (χ0n) is 5.56. The van der Waals surface area contributed by atoms with Gasteiger partial charge in [-0.1, -0.05) is 0 Å². The van der Waals surface area contributed by atoms with Gasteiger partial charge in [0.05, 0.1) is 6.61 Å². The molecule has 0 aromatic carbocycles. The fraction of sp³-hybridized carbons (Fsp3) is 0.714. The summed E-state index contributed by atoms with van der Waals surface area (Å²) in [5, 5.41) is 11.3. The number of terminal acetylenes is 1. The normalized spacial score (nSPS) is 8.89. The van der Waals surface area contributed by atoms with Crippen LogP contribution in [0.2, 0.25) is 0 Å². The van der Waals surface area contributed by atoms with Gasteiger partial charge in [-0.25, -0.2) is 0 Å². The molecule has 0 unspecified atom stereocenters. The van der Waals surface area contributed by atoms with Gasteiger partial charge in [-0.2, -0.15) is 0 Å². The third-order valence-corrected chi connectivity index (χ3v) is 0.963. The van der Waals surface area contributed by atoms with Crippen molar-refractivity contribution in [1.29, 1.82) is 0 Å². The lowest BCUT2D eigenvalue weighted by Gasteiger charge is -1.97. The highest BCUT2D eigenvalue weighted by molar-refractivity contribution is 4.83. The number of aliphatic hydroxyl groups is 1. The van der Waals surface area contributed by atoms with Crippen LogP contribution in [0.3, 0.4) is 0 Å². The van der Waals surface area contributed by atoms with Crippen molar-refractivity contribution in [3.05, 3.63) is 0 Å². The summed E-state index contributed by atoms with van der Waals surface area (Å²) in [6, 6.07) is 0. The van der Waals surface area contributed by atoms with E-state index >= 15 is 0 Å². The van der Waals surface area contributed by atoms with Gasteiger partial charge in [0.15, 0.2) is 0 Å². The van der Waals surface area contributed by atoms with E-state index in [1.807, 2.05) is 0 Å². The Labute approximate surface area is 56.3 Å². The first-order valence-corrected chi connectivity index (χ1v) is 3.17. The van der Waals surface area contributed by atoms with Gasteiger partial charge in [-0.15, -0.1) is 12.3 Å². The lowest BCUT2D eigenvalue weighted by Crippen LogP contribution is -2.18. The van der Waals surface area contributed by atoms with E-state index in [1.54, 1.807) is 0 Å². The average Bonchev–Trinajstić information content (AvgIpc) is 1.89. The highest BCUT2D eigenvalue weighted by Crippen LogP contribution is 1.81. The summed E-state index contributed by atoms with van der Waals surface area (Å²) < 4.78 is 0. The summed E-state index contributed by atoms with van der Waals surface area (Å²) in [5.41, 5.74) is 0. The maximum Gasteiger partial charge on any atom is 0.0555 e. The van der Waals surface area contributed by atoms with E-state index in [4.69, 9.17) is 11.5 Å². The molecule has 2 nitrogen and oxygen atoms in total. The second-order valence-corrected chi connectivity index (χ2v) is 1.78. The molecule has 0 atom stereocenters. The van der Waals surface area contributed by atoms with E-state index in [-0.39, 0.29) is 6.61 Å². The third-order valence-electron chi connectivity index (χ3n) is 0.963. The summed E-state index contributed by atoms with van der Waals surface area (Å²) >= 11 is 0. The van der Waals surface area contributed by atoms with Crippen LogP contribution in [-0.4, -0.2) is 24.8 Å². The Morgan fingerprint density at radius 1 is 1.44 bits per heavy atom. The minimum Gasteiger partial charge on any atom is -0.395 e. The van der Waals surface area contributed by atoms with Gasteiger partial charge in [0.25, 0.3) is 0 Å². The standard InChI is InChI=1S/C7H13NO/c1-2-3-4-5-8-6-7-9/h1,8-9H,3-7H2. The molecule has 9 heavy (non-hydrogen) atoms. The predicted octanol–water partition coefficient (Wildman–Crippen LogP) is -0.0183. The Morgan fingerprint density at radius 3 is 2.78 bits per heavy atom. The maximum absolute atomic E-state index is 8.32. The van der Waals surface area contributed by atoms with Crippen LogP contribution in [-0.2, 0) is 0 Å². The second-order valence-electron chi connectivity index (χ2n) is 1.78. The molecule has 0 amide bonds. The molecular weight excluding hydrogens is 114 g/mol. The predicted molar refractivity (Wildman–Crippen MR) is 38.0 cm³/mol. The van der Waals surface area contributed by atoms with Crippen LogP contribution in [0.15, 0.2) is 0 Å². The lowest BCUT2D eigenvalue weighted by molar-refractivity contribution is 0.292. The van der Waals surface area contributed by atoms with Crippen LogP contribution in [0.1, 0.15) is 12.8 Å². The quantitative estimate of drug-likeness (QED) is 0.402. The van der Waals surface area contributed by atoms with E-state index in [0.717, 1.165) is 19.4 Å². The van der Waals surface area contributed by atoms with Crippen LogP contribution in [0, 0.1) is 12.3 Å². The largest absolute Gasteiger partial charge is 0.395 e. The van der Waals surface area contributed by atoms with Crippen molar-refractivity contribution in [2.24, 2.45) is 0 Å². The molecule has 0 radical (unpaired) electrons. The van der Waals surface area contributed by atoms with Crippen LogP contribution in [0.4, 0.5) is 0 Å². The molecule has 0 aliphatic carbocycles. The first-order valence-electron chi connectivity index (χ1n) is 3.17. The first kappa shape index (κ1) is 8.48. The van der Waals surface area contributed by atoms with Crippen molar-refractivity contribution in [2.45, 2.75) is 12.8 Å². The van der Waals surface area contributed by atoms with Crippen molar-refractivity contribution in [3.63, 3.8) is 0 Å². The molecule has 2 N–H and O–H groups in total. The molecule has 0 heterocycles. The molecule has 0 spiro atoms. The van der Waals surface area contributed by atoms with Crippen LogP contribution < -0.4 is 5.32 Å². The molecule has 52 valence electrons. The van der Waals surface area contributed by atoms with Crippen molar-refractivity contribution in [1.82, 2.24) is 5.32 Å². The van der Waals surface area contributed by atoms with E-state index in [9.17, 15) is 0 Å². The summed E-state index contributed by atoms with van der Waals surface area (Å²) in [6.45, 7) is 1.78. The Hall–Kier alpha value is -0.520. The third kappa shape index (κ3) is 7.48. The summed E-state index contributed by atoms with van der Waals surface area (Å²) in [6.07, 6.45) is 6.83. The Bertz CT molecular complexity index is 85.4. The molecule has 0 fully saturated rings. The van der Waals surface area contributed by atoms with Crippen LogP contribution in [0.25, 0.3) is 0 Å². The minimum atomic E-state index is 0.204. The fourth-order valence-electron chi connectivity index (χ4n) is 0.520. The Morgan fingerprint density at radius 2 is 2.22 bits per heavy atom. The van der Waals surface area contributed by atoms with Crippen molar-refractivity contribution >= 4 is 0 Å². The smallest absolute Gasteiger partial charge is 0.0555 e. The van der Waals surface area contributed by atoms with Crippen molar-refractivity contribution in [2.75, 3.05) is 19.7 Å². The van der Waals surface area contributed by atoms with E-state index in [0.29, 0.717) is 6.54 Å². The second kappa shape index (κ2) is 7.48. The highest BCUT2D eigenvalue weighted by Gasteiger charge is 1.82. The van der Waals surface area contributed by atoms with Crippen molar-refractivity contribution < 1.29 is 5.11 Å². The van der Waals surface area contributed by atoms with Crippen molar-refractivity contribution in [3.8, 4) is 12.3 Å². The molecule has 0 rings (SSSR count). The van der Waals surface area contributed by atoms with Gasteiger partial charge in [-0.3, -0.25) is 0 Å². The Kier molecular flexibility index (Phi) is 7.05. The van der Waals surface area contributed by atoms with Gasteiger partial charge < -0.3 is 10.4 Å². The molecule has 0 bridgehead atoms. The molecule has 0 aromatic heterocycles. The number of rotatable bonds is 5. The molecule has 0 aliphatic rings. The summed E-state index contributed by atoms with van der Waals surface area (Å²) in [5.74, 6) is 2.54. The molecule has 0 saturated carbocycles. The SMILES string of the molecule is C#CCCCNCCO. The molecular formula is C7H13NO. The minimum absolute atomic E-state index is 0.204. The molecule has 2 heteroatoms. The number of unbranched alkanes of at least 4 members (excludes halogenated alkanes) is 1. The molecule has 0 aromatic rings. The number of hydrogen-bond acceptors (Lipinski definition) is 2. The van der Waals surface area contributed by atoms with E-state index in [1.165, 1.54) is 0 Å². The Balaban J connectivity index is 2.69. The van der Waals surface area contributed by atoms with E-state index < -0.39 is 0 Å². The van der Waals surface area contributed by atoms with Crippen LogP contribution in [0.5, 0.6) is 0 Å². The van der Waals surface area contributed by atoms with Gasteiger partial charge in [-0.05, 0) is 13.0 Å². The van der Waals surface area contributed by atoms with E-state index in [2.05, 4.69) is 11.2 Å². The molecule has 0 aliphatic heterocycles. The zero-order valence-corrected chi connectivity index (χ0v) is 5.56. The van der Waals surface area contributed by atoms with Gasteiger partial charge >= 0.3 is 0 Å². The van der Waals surface area contributed by atoms with Gasteiger partial charge in [0.2, 0.25) is 0 Å². The average molecular weight is 127 g/mol. The van der Waals surface area contributed by atoms with Gasteiger partial charge in [0.1, 0.15) is 0 Å². The maximum atomic E-state index is 8.32. The summed E-state index contributed by atoms with van der Waals surface area (Å²) in [7, 11) is 0. The van der Waals surface area contributed by atoms with Crippen LogP contribution >= 0.6 is 0 Å². The highest BCUT2D eigenvalue weighted by atomic mass is 16.3.